The molecule has 0 bridgehead atoms. The summed E-state index contributed by atoms with van der Waals surface area (Å²) < 4.78 is 47.0. The number of carbonyl (C=O) groups is 1. The molecule has 0 unspecified atom stereocenters. The van der Waals surface area contributed by atoms with Crippen LogP contribution in [-0.2, 0) is 22.3 Å². The molecular formula is C20H25F3N4O2. The quantitative estimate of drug-likeness (QED) is 0.778. The summed E-state index contributed by atoms with van der Waals surface area (Å²) in [6, 6.07) is 6.74. The number of imidazole rings is 1. The van der Waals surface area contributed by atoms with E-state index in [1.807, 2.05) is 4.90 Å². The van der Waals surface area contributed by atoms with Crippen LogP contribution in [0.25, 0.3) is 11.0 Å². The monoisotopic (exact) mass is 410 g/mol. The lowest BCUT2D eigenvalue weighted by Gasteiger charge is -2.34. The van der Waals surface area contributed by atoms with Crippen LogP contribution in [-0.4, -0.2) is 71.2 Å². The van der Waals surface area contributed by atoms with Gasteiger partial charge in [-0.3, -0.25) is 9.69 Å². The van der Waals surface area contributed by atoms with Gasteiger partial charge in [-0.1, -0.05) is 12.1 Å². The third kappa shape index (κ3) is 4.56. The molecule has 6 nitrogen and oxygen atoms in total. The number of carbonyl (C=O) groups excluding carboxylic acids is 1. The predicted molar refractivity (Wildman–Crippen MR) is 101 cm³/mol. The first-order valence-electron chi connectivity index (χ1n) is 10.0. The average molecular weight is 410 g/mol. The van der Waals surface area contributed by atoms with E-state index in [-0.39, 0.29) is 11.8 Å². The average Bonchev–Trinajstić information content (AvgIpc) is 3.09. The molecule has 0 spiro atoms. The zero-order chi connectivity index (χ0) is 20.4. The number of nitrogens with zero attached hydrogens (tertiary/aromatic N) is 4. The van der Waals surface area contributed by atoms with Crippen molar-refractivity contribution in [1.29, 1.82) is 0 Å². The van der Waals surface area contributed by atoms with Crippen molar-refractivity contribution in [3.05, 3.63) is 30.1 Å². The molecule has 9 heteroatoms. The highest BCUT2D eigenvalue weighted by atomic mass is 19.4. The Bertz CT molecular complexity index is 853. The van der Waals surface area contributed by atoms with Crippen LogP contribution in [0.4, 0.5) is 13.2 Å². The van der Waals surface area contributed by atoms with Crippen molar-refractivity contribution < 1.29 is 22.7 Å². The fourth-order valence-corrected chi connectivity index (χ4v) is 4.17. The van der Waals surface area contributed by atoms with Crippen LogP contribution in [0.1, 0.15) is 18.7 Å². The molecular weight excluding hydrogens is 385 g/mol. The summed E-state index contributed by atoms with van der Waals surface area (Å²) >= 11 is 0. The lowest BCUT2D eigenvalue weighted by molar-refractivity contribution is -0.147. The van der Waals surface area contributed by atoms with Gasteiger partial charge in [0.05, 0.1) is 30.8 Å². The summed E-state index contributed by atoms with van der Waals surface area (Å²) in [5.41, 5.74) is 0.887. The van der Waals surface area contributed by atoms with Gasteiger partial charge in [-0.05, 0) is 44.0 Å². The second kappa shape index (κ2) is 8.31. The highest BCUT2D eigenvalue weighted by molar-refractivity contribution is 5.78. The first kappa shape index (κ1) is 20.2. The molecule has 1 aromatic heterocycles. The van der Waals surface area contributed by atoms with Crippen molar-refractivity contribution in [3.63, 3.8) is 0 Å². The number of para-hydroxylation sites is 2. The van der Waals surface area contributed by atoms with E-state index in [0.717, 1.165) is 12.8 Å². The standard InChI is InChI=1S/C20H25F3N4O2/c21-20(22,23)19-24-16-3-1-2-4-17(16)27(19)13-15-5-7-25(8-6-15)14-18(28)26-9-11-29-12-10-26/h1-4,15H,5-14H2. The minimum Gasteiger partial charge on any atom is -0.378 e. The summed E-state index contributed by atoms with van der Waals surface area (Å²) in [6.07, 6.45) is -2.95. The fourth-order valence-electron chi connectivity index (χ4n) is 4.17. The van der Waals surface area contributed by atoms with Crippen molar-refractivity contribution in [2.75, 3.05) is 45.9 Å². The maximum Gasteiger partial charge on any atom is 0.449 e. The summed E-state index contributed by atoms with van der Waals surface area (Å²) in [4.78, 5) is 20.1. The van der Waals surface area contributed by atoms with Gasteiger partial charge >= 0.3 is 6.18 Å². The summed E-state index contributed by atoms with van der Waals surface area (Å²) in [7, 11) is 0. The molecule has 1 amide bonds. The summed E-state index contributed by atoms with van der Waals surface area (Å²) in [5.74, 6) is -0.598. The molecule has 0 N–H and O–H groups in total. The number of amides is 1. The lowest BCUT2D eigenvalue weighted by Crippen LogP contribution is -2.47. The fraction of sp³-hybridized carbons (Fsp3) is 0.600. The number of piperidine rings is 1. The van der Waals surface area contributed by atoms with Crippen molar-refractivity contribution in [1.82, 2.24) is 19.4 Å². The zero-order valence-electron chi connectivity index (χ0n) is 16.2. The number of likely N-dealkylation sites (tertiary alicyclic amines) is 1. The first-order chi connectivity index (χ1) is 13.9. The number of aromatic nitrogens is 2. The van der Waals surface area contributed by atoms with E-state index in [0.29, 0.717) is 63.5 Å². The second-order valence-electron chi connectivity index (χ2n) is 7.75. The Hall–Kier alpha value is -2.13. The van der Waals surface area contributed by atoms with Gasteiger partial charge in [-0.25, -0.2) is 4.98 Å². The number of halogens is 3. The molecule has 158 valence electrons. The maximum absolute atomic E-state index is 13.5. The minimum atomic E-state index is -4.48. The third-order valence-corrected chi connectivity index (χ3v) is 5.78. The van der Waals surface area contributed by atoms with Gasteiger partial charge < -0.3 is 14.2 Å². The smallest absolute Gasteiger partial charge is 0.378 e. The summed E-state index contributed by atoms with van der Waals surface area (Å²) in [6.45, 7) is 4.51. The minimum absolute atomic E-state index is 0.103. The number of ether oxygens (including phenoxy) is 1. The number of rotatable bonds is 4. The largest absolute Gasteiger partial charge is 0.449 e. The molecule has 2 aliphatic rings. The number of morpholine rings is 1. The Morgan fingerprint density at radius 1 is 1.10 bits per heavy atom. The van der Waals surface area contributed by atoms with Gasteiger partial charge in [-0.2, -0.15) is 13.2 Å². The molecule has 1 aromatic carbocycles. The second-order valence-corrected chi connectivity index (χ2v) is 7.75. The molecule has 4 rings (SSSR count). The van der Waals surface area contributed by atoms with Gasteiger partial charge in [0.15, 0.2) is 0 Å². The molecule has 2 aromatic rings. The van der Waals surface area contributed by atoms with Gasteiger partial charge in [0.25, 0.3) is 0 Å². The number of benzene rings is 1. The van der Waals surface area contributed by atoms with Crippen LogP contribution in [0.3, 0.4) is 0 Å². The molecule has 0 radical (unpaired) electrons. The predicted octanol–water partition coefficient (Wildman–Crippen LogP) is 2.63. The number of fused-ring (bicyclic) bond motifs is 1. The third-order valence-electron chi connectivity index (χ3n) is 5.78. The van der Waals surface area contributed by atoms with Gasteiger partial charge in [0.1, 0.15) is 0 Å². The van der Waals surface area contributed by atoms with E-state index in [4.69, 9.17) is 4.74 Å². The molecule has 0 atom stereocenters. The van der Waals surface area contributed by atoms with Gasteiger partial charge in [-0.15, -0.1) is 0 Å². The normalized spacial score (nSPS) is 19.8. The Kier molecular flexibility index (Phi) is 5.78. The highest BCUT2D eigenvalue weighted by Crippen LogP contribution is 2.33. The lowest BCUT2D eigenvalue weighted by atomic mass is 9.96. The Labute approximate surface area is 167 Å². The van der Waals surface area contributed by atoms with E-state index < -0.39 is 12.0 Å². The molecule has 0 aliphatic carbocycles. The molecule has 2 aliphatic heterocycles. The molecule has 3 heterocycles. The van der Waals surface area contributed by atoms with Gasteiger partial charge in [0.2, 0.25) is 11.7 Å². The Morgan fingerprint density at radius 3 is 2.48 bits per heavy atom. The topological polar surface area (TPSA) is 50.6 Å². The van der Waals surface area contributed by atoms with E-state index in [1.165, 1.54) is 4.57 Å². The van der Waals surface area contributed by atoms with Gasteiger partial charge in [0, 0.05) is 19.6 Å². The van der Waals surface area contributed by atoms with Crippen molar-refractivity contribution >= 4 is 16.9 Å². The van der Waals surface area contributed by atoms with Crippen molar-refractivity contribution in [2.45, 2.75) is 25.6 Å². The maximum atomic E-state index is 13.5. The van der Waals surface area contributed by atoms with E-state index in [2.05, 4.69) is 9.88 Å². The van der Waals surface area contributed by atoms with Crippen LogP contribution in [0.2, 0.25) is 0 Å². The van der Waals surface area contributed by atoms with E-state index >= 15 is 0 Å². The molecule has 2 saturated heterocycles. The van der Waals surface area contributed by atoms with Crippen LogP contribution in [0.15, 0.2) is 24.3 Å². The molecule has 29 heavy (non-hydrogen) atoms. The van der Waals surface area contributed by atoms with Crippen LogP contribution in [0.5, 0.6) is 0 Å². The van der Waals surface area contributed by atoms with Crippen LogP contribution >= 0.6 is 0 Å². The Morgan fingerprint density at radius 2 is 1.79 bits per heavy atom. The van der Waals surface area contributed by atoms with E-state index in [9.17, 15) is 18.0 Å². The first-order valence-corrected chi connectivity index (χ1v) is 10.0. The highest BCUT2D eigenvalue weighted by Gasteiger charge is 2.38. The SMILES string of the molecule is O=C(CN1CCC(Cn2c(C(F)(F)F)nc3ccccc32)CC1)N1CCOCC1. The number of hydrogen-bond donors (Lipinski definition) is 0. The van der Waals surface area contributed by atoms with E-state index in [1.54, 1.807) is 24.3 Å². The van der Waals surface area contributed by atoms with Crippen molar-refractivity contribution in [3.8, 4) is 0 Å². The van der Waals surface area contributed by atoms with Crippen LogP contribution in [0, 0.1) is 5.92 Å². The summed E-state index contributed by atoms with van der Waals surface area (Å²) in [5, 5.41) is 0. The molecule has 2 fully saturated rings. The van der Waals surface area contributed by atoms with Crippen molar-refractivity contribution in [2.24, 2.45) is 5.92 Å². The number of hydrogen-bond acceptors (Lipinski definition) is 4. The zero-order valence-corrected chi connectivity index (χ0v) is 16.2. The number of alkyl halides is 3. The Balaban J connectivity index is 1.38. The van der Waals surface area contributed by atoms with Crippen LogP contribution < -0.4 is 0 Å². The molecule has 0 saturated carbocycles.